The normalized spacial score (nSPS) is 12.2. The van der Waals surface area contributed by atoms with Crippen LogP contribution in [0.1, 0.15) is 28.0 Å². The van der Waals surface area contributed by atoms with Gasteiger partial charge in [-0.2, -0.15) is 0 Å². The fourth-order valence-electron chi connectivity index (χ4n) is 2.89. The van der Waals surface area contributed by atoms with Gasteiger partial charge in [-0.15, -0.1) is 0 Å². The predicted molar refractivity (Wildman–Crippen MR) is 95.2 cm³/mol. The van der Waals surface area contributed by atoms with Crippen LogP contribution in [0.25, 0.3) is 11.0 Å². The van der Waals surface area contributed by atoms with Crippen LogP contribution in [0.5, 0.6) is 0 Å². The lowest BCUT2D eigenvalue weighted by Gasteiger charge is -2.18. The summed E-state index contributed by atoms with van der Waals surface area (Å²) in [5, 5.41) is 3.94. The van der Waals surface area contributed by atoms with E-state index in [0.29, 0.717) is 5.58 Å². The number of hydrogen-bond acceptors (Lipinski definition) is 3. The molecule has 2 heterocycles. The summed E-state index contributed by atoms with van der Waals surface area (Å²) >= 11 is 0. The molecule has 0 saturated carbocycles. The number of hydrogen-bond donors (Lipinski definition) is 1. The molecule has 25 heavy (non-hydrogen) atoms. The quantitative estimate of drug-likeness (QED) is 0.620. The maximum absolute atomic E-state index is 12.8. The van der Waals surface area contributed by atoms with Gasteiger partial charge in [0.15, 0.2) is 5.76 Å². The second-order valence-corrected chi connectivity index (χ2v) is 5.86. The topological polar surface area (TPSA) is 60.1 Å². The van der Waals surface area contributed by atoms with Gasteiger partial charge in [0.25, 0.3) is 5.91 Å². The first-order valence-electron chi connectivity index (χ1n) is 8.04. The van der Waals surface area contributed by atoms with Crippen molar-refractivity contribution in [1.82, 2.24) is 14.9 Å². The largest absolute Gasteiger partial charge is 0.451 e. The highest BCUT2D eigenvalue weighted by molar-refractivity contribution is 5.96. The van der Waals surface area contributed by atoms with E-state index in [4.69, 9.17) is 4.42 Å². The molecule has 4 aromatic rings. The van der Waals surface area contributed by atoms with Crippen LogP contribution >= 0.6 is 0 Å². The monoisotopic (exact) mass is 331 g/mol. The summed E-state index contributed by atoms with van der Waals surface area (Å²) in [5.41, 5.74) is 1.65. The smallest absolute Gasteiger partial charge is 0.287 e. The SMILES string of the molecule is Cn1ccnc1[C@@H](NC(=O)c1cc2ccccc2o1)c1ccccc1. The molecule has 0 aliphatic rings. The third-order valence-corrected chi connectivity index (χ3v) is 4.17. The molecule has 0 bridgehead atoms. The Hall–Kier alpha value is -3.34. The van der Waals surface area contributed by atoms with Gasteiger partial charge < -0.3 is 14.3 Å². The summed E-state index contributed by atoms with van der Waals surface area (Å²) in [6, 6.07) is 18.7. The second-order valence-electron chi connectivity index (χ2n) is 5.86. The predicted octanol–water partition coefficient (Wildman–Crippen LogP) is 3.69. The van der Waals surface area contributed by atoms with E-state index in [0.717, 1.165) is 16.8 Å². The number of rotatable bonds is 4. The van der Waals surface area contributed by atoms with Crippen molar-refractivity contribution < 1.29 is 9.21 Å². The molecule has 5 nitrogen and oxygen atoms in total. The van der Waals surface area contributed by atoms with Gasteiger partial charge in [0.2, 0.25) is 0 Å². The Labute approximate surface area is 144 Å². The molecule has 1 amide bonds. The van der Waals surface area contributed by atoms with Crippen LogP contribution in [0.2, 0.25) is 0 Å². The minimum atomic E-state index is -0.359. The van der Waals surface area contributed by atoms with E-state index >= 15 is 0 Å². The summed E-state index contributed by atoms with van der Waals surface area (Å²) in [5.74, 6) is 0.778. The summed E-state index contributed by atoms with van der Waals surface area (Å²) in [7, 11) is 1.91. The first kappa shape index (κ1) is 15.2. The Bertz CT molecular complexity index is 985. The van der Waals surface area contributed by atoms with Crippen LogP contribution < -0.4 is 5.32 Å². The molecular weight excluding hydrogens is 314 g/mol. The van der Waals surface area contributed by atoms with E-state index in [2.05, 4.69) is 10.3 Å². The number of nitrogens with one attached hydrogen (secondary N) is 1. The van der Waals surface area contributed by atoms with E-state index in [1.54, 1.807) is 12.3 Å². The summed E-state index contributed by atoms with van der Waals surface area (Å²) in [4.78, 5) is 17.2. The molecule has 124 valence electrons. The summed E-state index contributed by atoms with van der Waals surface area (Å²) in [6.07, 6.45) is 3.58. The zero-order chi connectivity index (χ0) is 17.2. The number of fused-ring (bicyclic) bond motifs is 1. The second kappa shape index (κ2) is 6.28. The molecule has 0 aliphatic carbocycles. The fourth-order valence-corrected chi connectivity index (χ4v) is 2.89. The number of aromatic nitrogens is 2. The first-order valence-corrected chi connectivity index (χ1v) is 8.04. The van der Waals surface area contributed by atoms with E-state index in [1.807, 2.05) is 72.4 Å². The molecular formula is C20H17N3O2. The van der Waals surface area contributed by atoms with Gasteiger partial charge in [0, 0.05) is 24.8 Å². The molecule has 0 spiro atoms. The first-order chi connectivity index (χ1) is 12.2. The maximum Gasteiger partial charge on any atom is 0.287 e. The molecule has 1 atom stereocenters. The number of nitrogens with zero attached hydrogens (tertiary/aromatic N) is 2. The van der Waals surface area contributed by atoms with Crippen molar-refractivity contribution in [2.45, 2.75) is 6.04 Å². The van der Waals surface area contributed by atoms with E-state index in [-0.39, 0.29) is 17.7 Å². The molecule has 2 aromatic heterocycles. The van der Waals surface area contributed by atoms with Crippen LogP contribution in [0, 0.1) is 0 Å². The van der Waals surface area contributed by atoms with Gasteiger partial charge in [-0.1, -0.05) is 48.5 Å². The molecule has 0 saturated heterocycles. The highest BCUT2D eigenvalue weighted by Gasteiger charge is 2.23. The Kier molecular flexibility index (Phi) is 3.82. The van der Waals surface area contributed by atoms with Crippen molar-refractivity contribution in [3.63, 3.8) is 0 Å². The average molecular weight is 331 g/mol. The Morgan fingerprint density at radius 1 is 1.12 bits per heavy atom. The molecule has 0 unspecified atom stereocenters. The average Bonchev–Trinajstić information content (AvgIpc) is 3.26. The zero-order valence-corrected chi connectivity index (χ0v) is 13.7. The Morgan fingerprint density at radius 3 is 2.60 bits per heavy atom. The van der Waals surface area contributed by atoms with Crippen molar-refractivity contribution in [3.8, 4) is 0 Å². The summed E-state index contributed by atoms with van der Waals surface area (Å²) < 4.78 is 7.57. The number of benzene rings is 2. The van der Waals surface area contributed by atoms with Gasteiger partial charge in [-0.25, -0.2) is 4.98 Å². The van der Waals surface area contributed by atoms with Crippen LogP contribution in [-0.4, -0.2) is 15.5 Å². The lowest BCUT2D eigenvalue weighted by atomic mass is 10.1. The van der Waals surface area contributed by atoms with Gasteiger partial charge in [0.05, 0.1) is 0 Å². The highest BCUT2D eigenvalue weighted by Crippen LogP contribution is 2.23. The number of carbonyl (C=O) groups is 1. The van der Waals surface area contributed by atoms with Crippen LogP contribution in [-0.2, 0) is 7.05 Å². The van der Waals surface area contributed by atoms with Crippen LogP contribution in [0.3, 0.4) is 0 Å². The Balaban J connectivity index is 1.68. The van der Waals surface area contributed by atoms with E-state index < -0.39 is 0 Å². The molecule has 2 aromatic carbocycles. The number of furan rings is 1. The molecule has 0 radical (unpaired) electrons. The van der Waals surface area contributed by atoms with Crippen molar-refractivity contribution in [2.75, 3.05) is 0 Å². The van der Waals surface area contributed by atoms with Gasteiger partial charge in [0.1, 0.15) is 17.4 Å². The third-order valence-electron chi connectivity index (χ3n) is 4.17. The lowest BCUT2D eigenvalue weighted by Crippen LogP contribution is -2.30. The Morgan fingerprint density at radius 2 is 1.88 bits per heavy atom. The molecule has 0 aliphatic heterocycles. The molecule has 1 N–H and O–H groups in total. The number of para-hydroxylation sites is 1. The molecule has 0 fully saturated rings. The lowest BCUT2D eigenvalue weighted by molar-refractivity contribution is 0.0915. The van der Waals surface area contributed by atoms with Crippen LogP contribution in [0.4, 0.5) is 0 Å². The number of amides is 1. The van der Waals surface area contributed by atoms with Crippen LogP contribution in [0.15, 0.2) is 77.5 Å². The van der Waals surface area contributed by atoms with Gasteiger partial charge in [-0.3, -0.25) is 4.79 Å². The highest BCUT2D eigenvalue weighted by atomic mass is 16.3. The van der Waals surface area contributed by atoms with Crippen molar-refractivity contribution in [2.24, 2.45) is 7.05 Å². The number of carbonyl (C=O) groups excluding carboxylic acids is 1. The van der Waals surface area contributed by atoms with Gasteiger partial charge >= 0.3 is 0 Å². The zero-order valence-electron chi connectivity index (χ0n) is 13.7. The number of imidazole rings is 1. The van der Waals surface area contributed by atoms with E-state index in [1.165, 1.54) is 0 Å². The van der Waals surface area contributed by atoms with Crippen molar-refractivity contribution in [1.29, 1.82) is 0 Å². The minimum absolute atomic E-state index is 0.270. The minimum Gasteiger partial charge on any atom is -0.451 e. The summed E-state index contributed by atoms with van der Waals surface area (Å²) in [6.45, 7) is 0. The van der Waals surface area contributed by atoms with Crippen molar-refractivity contribution in [3.05, 3.63) is 90.2 Å². The van der Waals surface area contributed by atoms with Gasteiger partial charge in [-0.05, 0) is 17.7 Å². The standard InChI is InChI=1S/C20H17N3O2/c1-23-12-11-21-19(23)18(14-7-3-2-4-8-14)22-20(24)17-13-15-9-5-6-10-16(15)25-17/h2-13,18H,1H3,(H,22,24)/t18-/m0/s1. The third kappa shape index (κ3) is 2.92. The fraction of sp³-hybridized carbons (Fsp3) is 0.100. The maximum atomic E-state index is 12.8. The molecule has 4 rings (SSSR count). The van der Waals surface area contributed by atoms with Crippen molar-refractivity contribution >= 4 is 16.9 Å². The number of aryl methyl sites for hydroxylation is 1. The van der Waals surface area contributed by atoms with E-state index in [9.17, 15) is 4.79 Å². The molecule has 5 heteroatoms.